The fourth-order valence-electron chi connectivity index (χ4n) is 3.04. The van der Waals surface area contributed by atoms with Crippen LogP contribution in [0, 0.1) is 0 Å². The van der Waals surface area contributed by atoms with Crippen LogP contribution in [0.2, 0.25) is 4.34 Å². The second-order valence-corrected chi connectivity index (χ2v) is 7.85. The number of halogens is 1. The van der Waals surface area contributed by atoms with Gasteiger partial charge in [0.05, 0.1) is 34.4 Å². The van der Waals surface area contributed by atoms with Crippen molar-refractivity contribution in [2.24, 2.45) is 0 Å². The van der Waals surface area contributed by atoms with Gasteiger partial charge in [0.2, 0.25) is 0 Å². The molecule has 4 heterocycles. The van der Waals surface area contributed by atoms with Gasteiger partial charge in [0.15, 0.2) is 5.11 Å². The minimum absolute atomic E-state index is 0.0212. The van der Waals surface area contributed by atoms with Crippen molar-refractivity contribution in [3.05, 3.63) is 81.5 Å². The Morgan fingerprint density at radius 2 is 1.88 bits per heavy atom. The number of nitrogens with one attached hydrogen (secondary N) is 1. The van der Waals surface area contributed by atoms with Crippen LogP contribution in [0.1, 0.15) is 28.3 Å². The Kier molecular flexibility index (Phi) is 4.65. The molecule has 25 heavy (non-hydrogen) atoms. The molecule has 4 rings (SSSR count). The summed E-state index contributed by atoms with van der Waals surface area (Å²) in [7, 11) is 0. The molecule has 3 aromatic rings. The van der Waals surface area contributed by atoms with Crippen LogP contribution in [0.4, 0.5) is 0 Å². The SMILES string of the molecule is S=C1NC(c2ccccn2)C(c2ccc(Cl)s2)N1Cc1ccccn1. The number of aromatic nitrogens is 2. The summed E-state index contributed by atoms with van der Waals surface area (Å²) in [6, 6.07) is 15.8. The van der Waals surface area contributed by atoms with Gasteiger partial charge in [-0.05, 0) is 48.6 Å². The van der Waals surface area contributed by atoms with Gasteiger partial charge in [-0.15, -0.1) is 11.3 Å². The average molecular weight is 387 g/mol. The number of hydrogen-bond donors (Lipinski definition) is 1. The zero-order valence-corrected chi connectivity index (χ0v) is 15.6. The Morgan fingerprint density at radius 1 is 1.08 bits per heavy atom. The minimum atomic E-state index is -0.0212. The van der Waals surface area contributed by atoms with Gasteiger partial charge in [-0.25, -0.2) is 0 Å². The highest BCUT2D eigenvalue weighted by molar-refractivity contribution is 7.80. The number of rotatable bonds is 4. The van der Waals surface area contributed by atoms with E-state index in [1.54, 1.807) is 23.7 Å². The molecule has 0 saturated carbocycles. The van der Waals surface area contributed by atoms with Crippen molar-refractivity contribution >= 4 is 40.3 Å². The predicted octanol–water partition coefficient (Wildman–Crippen LogP) is 4.36. The summed E-state index contributed by atoms with van der Waals surface area (Å²) < 4.78 is 0.769. The van der Waals surface area contributed by atoms with E-state index in [0.29, 0.717) is 11.7 Å². The van der Waals surface area contributed by atoms with Gasteiger partial charge >= 0.3 is 0 Å². The predicted molar refractivity (Wildman–Crippen MR) is 105 cm³/mol. The maximum Gasteiger partial charge on any atom is 0.170 e. The van der Waals surface area contributed by atoms with Gasteiger partial charge in [-0.3, -0.25) is 9.97 Å². The van der Waals surface area contributed by atoms with Crippen LogP contribution in [-0.2, 0) is 6.54 Å². The number of pyridine rings is 2. The number of hydrogen-bond acceptors (Lipinski definition) is 4. The molecule has 0 aliphatic carbocycles. The van der Waals surface area contributed by atoms with E-state index in [1.807, 2.05) is 42.5 Å². The second kappa shape index (κ2) is 7.07. The van der Waals surface area contributed by atoms with Crippen LogP contribution < -0.4 is 5.32 Å². The third kappa shape index (κ3) is 3.38. The number of nitrogens with zero attached hydrogens (tertiary/aromatic N) is 3. The molecule has 126 valence electrons. The number of thiophene rings is 1. The zero-order chi connectivity index (χ0) is 17.2. The van der Waals surface area contributed by atoms with Gasteiger partial charge in [0, 0.05) is 17.3 Å². The molecular weight excluding hydrogens is 372 g/mol. The maximum absolute atomic E-state index is 6.20. The lowest BCUT2D eigenvalue weighted by Crippen LogP contribution is -2.29. The van der Waals surface area contributed by atoms with E-state index in [4.69, 9.17) is 23.8 Å². The van der Waals surface area contributed by atoms with Crippen molar-refractivity contribution in [1.82, 2.24) is 20.2 Å². The largest absolute Gasteiger partial charge is 0.352 e. The summed E-state index contributed by atoms with van der Waals surface area (Å²) in [6.07, 6.45) is 3.61. The summed E-state index contributed by atoms with van der Waals surface area (Å²) in [5.74, 6) is 0. The fraction of sp³-hybridized carbons (Fsp3) is 0.167. The summed E-state index contributed by atoms with van der Waals surface area (Å²) in [5, 5.41) is 4.13. The van der Waals surface area contributed by atoms with E-state index in [2.05, 4.69) is 26.3 Å². The first-order valence-electron chi connectivity index (χ1n) is 7.85. The van der Waals surface area contributed by atoms with Crippen molar-refractivity contribution in [3.63, 3.8) is 0 Å². The zero-order valence-electron chi connectivity index (χ0n) is 13.2. The van der Waals surface area contributed by atoms with E-state index in [9.17, 15) is 0 Å². The van der Waals surface area contributed by atoms with Crippen LogP contribution in [0.15, 0.2) is 60.9 Å². The molecular formula is C18H15ClN4S2. The normalized spacial score (nSPS) is 19.9. The molecule has 2 atom stereocenters. The van der Waals surface area contributed by atoms with E-state index in [1.165, 1.54) is 0 Å². The van der Waals surface area contributed by atoms with Crippen LogP contribution in [0.3, 0.4) is 0 Å². The van der Waals surface area contributed by atoms with Crippen LogP contribution >= 0.6 is 35.2 Å². The Balaban J connectivity index is 1.72. The molecule has 2 unspecified atom stereocenters. The first-order valence-corrected chi connectivity index (χ1v) is 9.46. The molecule has 1 N–H and O–H groups in total. The Morgan fingerprint density at radius 3 is 2.52 bits per heavy atom. The molecule has 1 aliphatic heterocycles. The lowest BCUT2D eigenvalue weighted by Gasteiger charge is -2.26. The number of thiocarbonyl (C=S) groups is 1. The standard InChI is InChI=1S/C18H15ClN4S2/c19-15-8-7-14(25-15)17-16(13-6-2-4-10-21-13)22-18(24)23(17)11-12-5-1-3-9-20-12/h1-10,16-17H,11H2,(H,22,24). The van der Waals surface area contributed by atoms with Gasteiger partial charge in [-0.2, -0.15) is 0 Å². The first-order chi connectivity index (χ1) is 12.2. The van der Waals surface area contributed by atoms with Crippen molar-refractivity contribution in [2.75, 3.05) is 0 Å². The molecule has 1 fully saturated rings. The second-order valence-electron chi connectivity index (χ2n) is 5.72. The molecule has 7 heteroatoms. The van der Waals surface area contributed by atoms with Crippen molar-refractivity contribution in [1.29, 1.82) is 0 Å². The van der Waals surface area contributed by atoms with Crippen molar-refractivity contribution < 1.29 is 0 Å². The first kappa shape index (κ1) is 16.4. The summed E-state index contributed by atoms with van der Waals surface area (Å²) in [6.45, 7) is 0.635. The van der Waals surface area contributed by atoms with Gasteiger partial charge in [0.25, 0.3) is 0 Å². The molecule has 0 bridgehead atoms. The monoisotopic (exact) mass is 386 g/mol. The van der Waals surface area contributed by atoms with Crippen LogP contribution in [0.25, 0.3) is 0 Å². The fourth-order valence-corrected chi connectivity index (χ4v) is 4.55. The molecule has 4 nitrogen and oxygen atoms in total. The molecule has 3 aromatic heterocycles. The van der Waals surface area contributed by atoms with Gasteiger partial charge in [-0.1, -0.05) is 23.7 Å². The van der Waals surface area contributed by atoms with E-state index in [0.717, 1.165) is 20.6 Å². The minimum Gasteiger partial charge on any atom is -0.352 e. The summed E-state index contributed by atoms with van der Waals surface area (Å²) in [5.41, 5.74) is 1.93. The molecule has 1 saturated heterocycles. The molecule has 0 amide bonds. The van der Waals surface area contributed by atoms with Crippen LogP contribution in [-0.4, -0.2) is 20.0 Å². The van der Waals surface area contributed by atoms with Gasteiger partial charge < -0.3 is 10.2 Å². The Bertz CT molecular complexity index is 869. The van der Waals surface area contributed by atoms with Crippen LogP contribution in [0.5, 0.6) is 0 Å². The Hall–Kier alpha value is -2.02. The quantitative estimate of drug-likeness (QED) is 0.674. The third-order valence-electron chi connectivity index (χ3n) is 4.14. The third-order valence-corrected chi connectivity index (χ3v) is 5.80. The highest BCUT2D eigenvalue weighted by atomic mass is 35.5. The highest BCUT2D eigenvalue weighted by Crippen LogP contribution is 2.42. The highest BCUT2D eigenvalue weighted by Gasteiger charge is 2.40. The molecule has 0 spiro atoms. The molecule has 1 aliphatic rings. The lowest BCUT2D eigenvalue weighted by molar-refractivity contribution is 0.312. The van der Waals surface area contributed by atoms with E-state index in [-0.39, 0.29) is 12.1 Å². The van der Waals surface area contributed by atoms with E-state index < -0.39 is 0 Å². The summed E-state index contributed by atoms with van der Waals surface area (Å²) >= 11 is 13.4. The average Bonchev–Trinajstić information content (AvgIpc) is 3.20. The lowest BCUT2D eigenvalue weighted by atomic mass is 10.0. The van der Waals surface area contributed by atoms with Crippen molar-refractivity contribution in [2.45, 2.75) is 18.6 Å². The topological polar surface area (TPSA) is 41.1 Å². The van der Waals surface area contributed by atoms with Crippen molar-refractivity contribution in [3.8, 4) is 0 Å². The maximum atomic E-state index is 6.20. The summed E-state index contributed by atoms with van der Waals surface area (Å²) in [4.78, 5) is 12.3. The van der Waals surface area contributed by atoms with E-state index >= 15 is 0 Å². The van der Waals surface area contributed by atoms with Gasteiger partial charge in [0.1, 0.15) is 0 Å². The molecule has 0 radical (unpaired) electrons. The molecule has 0 aromatic carbocycles. The Labute approximate surface area is 160 Å². The smallest absolute Gasteiger partial charge is 0.170 e.